The van der Waals surface area contributed by atoms with Crippen LogP contribution in [0.2, 0.25) is 0 Å². The summed E-state index contributed by atoms with van der Waals surface area (Å²) in [5, 5.41) is 1.81. The minimum Gasteiger partial charge on any atom is -0.369 e. The van der Waals surface area contributed by atoms with E-state index in [1.165, 1.54) is 35.3 Å². The molecular weight excluding hydrogens is 312 g/mol. The molecule has 4 nitrogen and oxygen atoms in total. The van der Waals surface area contributed by atoms with Crippen molar-refractivity contribution in [1.29, 1.82) is 0 Å². The Bertz CT molecular complexity index is 731. The fraction of sp³-hybridized carbons (Fsp3) is 0.250. The molecule has 1 aliphatic heterocycles. The number of amides is 1. The molecule has 0 saturated carbocycles. The maximum Gasteiger partial charge on any atom is 0.231 e. The van der Waals surface area contributed by atoms with E-state index >= 15 is 0 Å². The van der Waals surface area contributed by atoms with Gasteiger partial charge in [0.25, 0.3) is 0 Å². The predicted molar refractivity (Wildman–Crippen MR) is 93.8 cm³/mol. The number of carbonyl (C=O) groups excluding carboxylic acids is 1. The van der Waals surface area contributed by atoms with E-state index in [1.807, 2.05) is 11.4 Å². The molecule has 2 heterocycles. The highest BCUT2D eigenvalue weighted by atomic mass is 32.1. The maximum absolute atomic E-state index is 13.8. The number of hydrogen-bond acceptors (Lipinski definition) is 4. The Kier molecular flexibility index (Phi) is 5.21. The SMILES string of the molecule is [B]/C(C=C)=C/C(=C(\C)F)c1csc(C2CC(=O)N(C)C(N)=N2)c1. The van der Waals surface area contributed by atoms with Crippen LogP contribution in [0.25, 0.3) is 5.57 Å². The van der Waals surface area contributed by atoms with Gasteiger partial charge in [-0.25, -0.2) is 9.38 Å². The topological polar surface area (TPSA) is 58.7 Å². The van der Waals surface area contributed by atoms with Crippen molar-refractivity contribution in [3.05, 3.63) is 51.9 Å². The van der Waals surface area contributed by atoms with Crippen LogP contribution in [0.15, 0.2) is 46.5 Å². The number of allylic oxidation sites excluding steroid dienone is 5. The number of carbonyl (C=O) groups is 1. The molecule has 2 rings (SSSR count). The number of thiophene rings is 1. The Morgan fingerprint density at radius 3 is 2.91 bits per heavy atom. The molecule has 1 amide bonds. The molecule has 1 unspecified atom stereocenters. The van der Waals surface area contributed by atoms with Gasteiger partial charge in [-0.2, -0.15) is 0 Å². The quantitative estimate of drug-likeness (QED) is 0.682. The molecular formula is C16H17BFN3OS. The van der Waals surface area contributed by atoms with Crippen molar-refractivity contribution in [3.63, 3.8) is 0 Å². The summed E-state index contributed by atoms with van der Waals surface area (Å²) >= 11 is 1.41. The normalized spacial score (nSPS) is 20.2. The highest BCUT2D eigenvalue weighted by molar-refractivity contribution is 7.10. The molecule has 1 aromatic rings. The van der Waals surface area contributed by atoms with E-state index in [4.69, 9.17) is 13.6 Å². The van der Waals surface area contributed by atoms with Crippen LogP contribution in [0.5, 0.6) is 0 Å². The third kappa shape index (κ3) is 3.79. The Hall–Kier alpha value is -2.15. The lowest BCUT2D eigenvalue weighted by atomic mass is 9.91. The zero-order chi connectivity index (χ0) is 17.1. The van der Waals surface area contributed by atoms with Gasteiger partial charge in [0.15, 0.2) is 5.96 Å². The second-order valence-electron chi connectivity index (χ2n) is 5.19. The molecule has 1 aromatic heterocycles. The Morgan fingerprint density at radius 2 is 2.35 bits per heavy atom. The average molecular weight is 329 g/mol. The first-order valence-corrected chi connectivity index (χ1v) is 7.86. The van der Waals surface area contributed by atoms with Gasteiger partial charge in [0.05, 0.1) is 12.5 Å². The van der Waals surface area contributed by atoms with Gasteiger partial charge in [-0.05, 0) is 23.9 Å². The molecule has 118 valence electrons. The first-order valence-electron chi connectivity index (χ1n) is 6.98. The molecule has 0 aromatic carbocycles. The lowest BCUT2D eigenvalue weighted by Gasteiger charge is -2.24. The van der Waals surface area contributed by atoms with Crippen LogP contribution in [0.4, 0.5) is 4.39 Å². The Labute approximate surface area is 140 Å². The number of nitrogens with zero attached hydrogens (tertiary/aromatic N) is 2. The maximum atomic E-state index is 13.8. The van der Waals surface area contributed by atoms with Crippen LogP contribution >= 0.6 is 11.3 Å². The molecule has 2 N–H and O–H groups in total. The van der Waals surface area contributed by atoms with Gasteiger partial charge in [0.1, 0.15) is 13.7 Å². The lowest BCUT2D eigenvalue weighted by Crippen LogP contribution is -2.42. The van der Waals surface area contributed by atoms with Crippen molar-refractivity contribution < 1.29 is 9.18 Å². The number of guanidine groups is 1. The van der Waals surface area contributed by atoms with Gasteiger partial charge < -0.3 is 5.73 Å². The van der Waals surface area contributed by atoms with E-state index in [1.54, 1.807) is 7.05 Å². The minimum absolute atomic E-state index is 0.0920. The first-order chi connectivity index (χ1) is 10.8. The number of aliphatic imine (C=N–C) groups is 1. The van der Waals surface area contributed by atoms with Crippen molar-refractivity contribution >= 4 is 36.6 Å². The fourth-order valence-corrected chi connectivity index (χ4v) is 3.11. The van der Waals surface area contributed by atoms with Gasteiger partial charge in [0, 0.05) is 17.5 Å². The lowest BCUT2D eigenvalue weighted by molar-refractivity contribution is -0.127. The van der Waals surface area contributed by atoms with Crippen molar-refractivity contribution in [2.75, 3.05) is 7.05 Å². The van der Waals surface area contributed by atoms with Gasteiger partial charge in [-0.3, -0.25) is 9.69 Å². The summed E-state index contributed by atoms with van der Waals surface area (Å²) in [5.74, 6) is -0.248. The molecule has 1 atom stereocenters. The highest BCUT2D eigenvalue weighted by Crippen LogP contribution is 2.34. The standard InChI is InChI=1S/C16H17BFN3OS/c1-4-11(17)6-12(9(2)18)10-5-14(23-8-10)13-7-15(22)21(3)16(19)20-13/h4-6,8,13H,1,7H2,2-3H3,(H2,19,20)/b11-6+,12-9-. The Morgan fingerprint density at radius 1 is 1.65 bits per heavy atom. The second kappa shape index (κ2) is 6.96. The summed E-state index contributed by atoms with van der Waals surface area (Å²) in [4.78, 5) is 18.4. The zero-order valence-corrected chi connectivity index (χ0v) is 13.9. The zero-order valence-electron chi connectivity index (χ0n) is 13.0. The number of halogens is 1. The van der Waals surface area contributed by atoms with Gasteiger partial charge >= 0.3 is 0 Å². The highest BCUT2D eigenvalue weighted by Gasteiger charge is 2.26. The van der Waals surface area contributed by atoms with E-state index in [2.05, 4.69) is 11.6 Å². The molecule has 7 heteroatoms. The summed E-state index contributed by atoms with van der Waals surface area (Å²) in [5.41, 5.74) is 7.20. The van der Waals surface area contributed by atoms with Crippen molar-refractivity contribution in [2.24, 2.45) is 10.7 Å². The molecule has 0 spiro atoms. The van der Waals surface area contributed by atoms with E-state index in [0.29, 0.717) is 16.6 Å². The smallest absolute Gasteiger partial charge is 0.231 e. The van der Waals surface area contributed by atoms with Gasteiger partial charge in [-0.1, -0.05) is 24.2 Å². The fourth-order valence-electron chi connectivity index (χ4n) is 2.16. The Balaban J connectivity index is 2.36. The third-order valence-electron chi connectivity index (χ3n) is 3.55. The molecule has 23 heavy (non-hydrogen) atoms. The van der Waals surface area contributed by atoms with Crippen LogP contribution in [-0.2, 0) is 4.79 Å². The number of nitrogens with two attached hydrogens (primary N) is 1. The van der Waals surface area contributed by atoms with Crippen molar-refractivity contribution in [2.45, 2.75) is 19.4 Å². The molecule has 2 radical (unpaired) electrons. The van der Waals surface area contributed by atoms with Crippen LogP contribution in [0, 0.1) is 0 Å². The summed E-state index contributed by atoms with van der Waals surface area (Å²) in [6.45, 7) is 4.93. The first kappa shape index (κ1) is 17.2. The van der Waals surface area contributed by atoms with Crippen molar-refractivity contribution in [3.8, 4) is 0 Å². The molecule has 0 fully saturated rings. The summed E-state index contributed by atoms with van der Waals surface area (Å²) in [6, 6.07) is 1.48. The summed E-state index contributed by atoms with van der Waals surface area (Å²) in [6.07, 6.45) is 3.23. The largest absolute Gasteiger partial charge is 0.369 e. The predicted octanol–water partition coefficient (Wildman–Crippen LogP) is 2.90. The van der Waals surface area contributed by atoms with E-state index in [-0.39, 0.29) is 30.2 Å². The van der Waals surface area contributed by atoms with Crippen LogP contribution in [0.1, 0.15) is 29.8 Å². The van der Waals surface area contributed by atoms with Crippen LogP contribution in [0.3, 0.4) is 0 Å². The van der Waals surface area contributed by atoms with E-state index in [9.17, 15) is 9.18 Å². The van der Waals surface area contributed by atoms with Gasteiger partial charge in [-0.15, -0.1) is 11.3 Å². The summed E-state index contributed by atoms with van der Waals surface area (Å²) in [7, 11) is 7.30. The summed E-state index contributed by atoms with van der Waals surface area (Å²) < 4.78 is 13.8. The van der Waals surface area contributed by atoms with E-state index < -0.39 is 0 Å². The van der Waals surface area contributed by atoms with E-state index in [0.717, 1.165) is 4.88 Å². The average Bonchev–Trinajstić information content (AvgIpc) is 2.98. The van der Waals surface area contributed by atoms with Gasteiger partial charge in [0.2, 0.25) is 5.91 Å². The third-order valence-corrected chi connectivity index (χ3v) is 4.58. The minimum atomic E-state index is -0.346. The van der Waals surface area contributed by atoms with Crippen molar-refractivity contribution in [1.82, 2.24) is 4.90 Å². The molecule has 0 aliphatic carbocycles. The number of hydrogen-bond donors (Lipinski definition) is 1. The molecule has 0 saturated heterocycles. The number of rotatable bonds is 4. The van der Waals surface area contributed by atoms with Crippen LogP contribution in [-0.4, -0.2) is 31.7 Å². The van der Waals surface area contributed by atoms with Crippen LogP contribution < -0.4 is 5.73 Å². The molecule has 0 bridgehead atoms. The monoisotopic (exact) mass is 329 g/mol. The second-order valence-corrected chi connectivity index (χ2v) is 6.14. The molecule has 1 aliphatic rings.